The van der Waals surface area contributed by atoms with Crippen LogP contribution in [-0.4, -0.2) is 35.4 Å². The van der Waals surface area contributed by atoms with Crippen molar-refractivity contribution in [3.8, 4) is 0 Å². The number of likely N-dealkylation sites (tertiary alicyclic amines) is 1. The fourth-order valence-electron chi connectivity index (χ4n) is 4.38. The molecule has 0 saturated carbocycles. The smallest absolute Gasteiger partial charge is 0.256 e. The molecule has 2 aromatic rings. The van der Waals surface area contributed by atoms with Crippen molar-refractivity contribution in [2.75, 3.05) is 25.0 Å². The van der Waals surface area contributed by atoms with Crippen molar-refractivity contribution in [1.82, 2.24) is 9.88 Å². The highest BCUT2D eigenvalue weighted by Crippen LogP contribution is 2.34. The van der Waals surface area contributed by atoms with Crippen molar-refractivity contribution in [2.45, 2.75) is 44.9 Å². The summed E-state index contributed by atoms with van der Waals surface area (Å²) in [7, 11) is 0. The largest absolute Gasteiger partial charge is 0.441 e. The maximum Gasteiger partial charge on any atom is 0.256 e. The van der Waals surface area contributed by atoms with Gasteiger partial charge in [-0.05, 0) is 69.3 Å². The van der Waals surface area contributed by atoms with Gasteiger partial charge in [0, 0.05) is 30.3 Å². The minimum absolute atomic E-state index is 0.0714. The lowest BCUT2D eigenvalue weighted by atomic mass is 10.0. The Hall–Kier alpha value is -2.40. The highest BCUT2D eigenvalue weighted by Gasteiger charge is 2.26. The molecule has 5 heteroatoms. The second-order valence-electron chi connectivity index (χ2n) is 7.82. The van der Waals surface area contributed by atoms with Crippen molar-refractivity contribution in [2.24, 2.45) is 0 Å². The zero-order valence-corrected chi connectivity index (χ0v) is 15.6. The molecule has 3 heterocycles. The first kappa shape index (κ1) is 16.8. The number of carbonyl (C=O) groups is 1. The number of benzene rings is 1. The molecule has 0 radical (unpaired) electrons. The van der Waals surface area contributed by atoms with Gasteiger partial charge in [0.05, 0.1) is 11.3 Å². The standard InChI is InChI=1S/C22H25N3O2/c26-22-17(14-21-23-19-5-1-2-6-20(19)27-21)16-13-15(7-8-18(16)24-22)9-12-25-10-3-4-11-25/h7-8,13-14H,1-6,9-12H2,(H,24,26). The van der Waals surface area contributed by atoms with Crippen LogP contribution in [0.1, 0.15) is 54.2 Å². The van der Waals surface area contributed by atoms with Gasteiger partial charge in [0.2, 0.25) is 5.89 Å². The lowest BCUT2D eigenvalue weighted by molar-refractivity contribution is -0.110. The number of aryl methyl sites for hydroxylation is 2. The summed E-state index contributed by atoms with van der Waals surface area (Å²) in [5, 5.41) is 2.97. The number of anilines is 1. The Labute approximate surface area is 159 Å². The van der Waals surface area contributed by atoms with E-state index in [4.69, 9.17) is 4.42 Å². The third-order valence-electron chi connectivity index (χ3n) is 5.91. The average Bonchev–Trinajstić information content (AvgIpc) is 3.39. The molecule has 140 valence electrons. The highest BCUT2D eigenvalue weighted by molar-refractivity contribution is 6.34. The molecule has 5 nitrogen and oxygen atoms in total. The number of nitrogens with one attached hydrogen (secondary N) is 1. The van der Waals surface area contributed by atoms with E-state index in [9.17, 15) is 4.79 Å². The predicted molar refractivity (Wildman–Crippen MR) is 105 cm³/mol. The summed E-state index contributed by atoms with van der Waals surface area (Å²) in [6.45, 7) is 3.52. The van der Waals surface area contributed by atoms with Gasteiger partial charge in [-0.25, -0.2) is 4.98 Å². The van der Waals surface area contributed by atoms with Gasteiger partial charge >= 0.3 is 0 Å². The lowest BCUT2D eigenvalue weighted by Crippen LogP contribution is -2.21. The van der Waals surface area contributed by atoms with E-state index in [1.54, 1.807) is 0 Å². The van der Waals surface area contributed by atoms with Gasteiger partial charge in [-0.3, -0.25) is 4.79 Å². The Morgan fingerprint density at radius 3 is 2.85 bits per heavy atom. The molecule has 5 rings (SSSR count). The molecule has 1 fully saturated rings. The summed E-state index contributed by atoms with van der Waals surface area (Å²) in [6, 6.07) is 6.30. The maximum absolute atomic E-state index is 12.5. The number of aromatic nitrogens is 1. The first-order valence-electron chi connectivity index (χ1n) is 10.1. The molecule has 1 aliphatic carbocycles. The molecule has 3 aliphatic rings. The summed E-state index contributed by atoms with van der Waals surface area (Å²) in [5.41, 5.74) is 4.84. The third-order valence-corrected chi connectivity index (χ3v) is 5.91. The SMILES string of the molecule is O=C1Nc2ccc(CCN3CCCC3)cc2C1=Cc1nc2c(o1)CCCC2. The predicted octanol–water partition coefficient (Wildman–Crippen LogP) is 3.68. The third kappa shape index (κ3) is 3.32. The second-order valence-corrected chi connectivity index (χ2v) is 7.82. The number of nitrogens with zero attached hydrogens (tertiary/aromatic N) is 2. The first-order chi connectivity index (χ1) is 13.3. The molecule has 1 saturated heterocycles. The van der Waals surface area contributed by atoms with Crippen molar-refractivity contribution in [1.29, 1.82) is 0 Å². The zero-order valence-electron chi connectivity index (χ0n) is 15.6. The molecule has 1 aromatic carbocycles. The van der Waals surface area contributed by atoms with Crippen LogP contribution in [0.5, 0.6) is 0 Å². The molecular weight excluding hydrogens is 338 g/mol. The lowest BCUT2D eigenvalue weighted by Gasteiger charge is -2.14. The minimum Gasteiger partial charge on any atom is -0.441 e. The summed E-state index contributed by atoms with van der Waals surface area (Å²) in [4.78, 5) is 19.6. The Balaban J connectivity index is 1.40. The number of oxazole rings is 1. The van der Waals surface area contributed by atoms with Crippen LogP contribution in [-0.2, 0) is 24.1 Å². The van der Waals surface area contributed by atoms with Gasteiger partial charge in [-0.1, -0.05) is 6.07 Å². The van der Waals surface area contributed by atoms with Crippen LogP contribution < -0.4 is 5.32 Å². The average molecular weight is 363 g/mol. The summed E-state index contributed by atoms with van der Waals surface area (Å²) in [5.74, 6) is 1.48. The van der Waals surface area contributed by atoms with Crippen LogP contribution in [0.2, 0.25) is 0 Å². The number of rotatable bonds is 4. The summed E-state index contributed by atoms with van der Waals surface area (Å²) < 4.78 is 5.90. The van der Waals surface area contributed by atoms with E-state index in [0.29, 0.717) is 11.5 Å². The molecule has 1 aromatic heterocycles. The first-order valence-corrected chi connectivity index (χ1v) is 10.1. The van der Waals surface area contributed by atoms with E-state index in [-0.39, 0.29) is 5.91 Å². The molecule has 0 unspecified atom stereocenters. The van der Waals surface area contributed by atoms with Crippen LogP contribution >= 0.6 is 0 Å². The van der Waals surface area contributed by atoms with E-state index in [0.717, 1.165) is 54.9 Å². The van der Waals surface area contributed by atoms with Crippen molar-refractivity contribution in [3.63, 3.8) is 0 Å². The normalized spacial score (nSPS) is 20.7. The van der Waals surface area contributed by atoms with Crippen molar-refractivity contribution in [3.05, 3.63) is 46.7 Å². The van der Waals surface area contributed by atoms with Crippen LogP contribution in [0, 0.1) is 0 Å². The number of fused-ring (bicyclic) bond motifs is 2. The monoisotopic (exact) mass is 363 g/mol. The Morgan fingerprint density at radius 2 is 2.00 bits per heavy atom. The number of carbonyl (C=O) groups excluding carboxylic acids is 1. The van der Waals surface area contributed by atoms with Gasteiger partial charge in [0.1, 0.15) is 5.76 Å². The van der Waals surface area contributed by atoms with E-state index < -0.39 is 0 Å². The summed E-state index contributed by atoms with van der Waals surface area (Å²) >= 11 is 0. The fourth-order valence-corrected chi connectivity index (χ4v) is 4.38. The topological polar surface area (TPSA) is 58.4 Å². The van der Waals surface area contributed by atoms with Crippen LogP contribution in [0.4, 0.5) is 5.69 Å². The van der Waals surface area contributed by atoms with Crippen molar-refractivity contribution < 1.29 is 9.21 Å². The van der Waals surface area contributed by atoms with Crippen LogP contribution in [0.15, 0.2) is 22.6 Å². The molecule has 2 aliphatic heterocycles. The fraction of sp³-hybridized carbons (Fsp3) is 0.455. The molecule has 0 bridgehead atoms. The second kappa shape index (κ2) is 6.97. The van der Waals surface area contributed by atoms with Gasteiger partial charge in [-0.2, -0.15) is 0 Å². The van der Waals surface area contributed by atoms with Gasteiger partial charge in [0.15, 0.2) is 0 Å². The molecule has 0 atom stereocenters. The highest BCUT2D eigenvalue weighted by atomic mass is 16.4. The van der Waals surface area contributed by atoms with E-state index in [1.165, 1.54) is 37.9 Å². The quantitative estimate of drug-likeness (QED) is 0.842. The number of hydrogen-bond donors (Lipinski definition) is 1. The molecule has 1 N–H and O–H groups in total. The van der Waals surface area contributed by atoms with Gasteiger partial charge in [-0.15, -0.1) is 0 Å². The zero-order chi connectivity index (χ0) is 18.2. The van der Waals surface area contributed by atoms with E-state index in [2.05, 4.69) is 27.3 Å². The molecule has 1 amide bonds. The van der Waals surface area contributed by atoms with E-state index in [1.807, 2.05) is 12.1 Å². The Kier molecular flexibility index (Phi) is 4.32. The molecule has 0 spiro atoms. The van der Waals surface area contributed by atoms with Crippen molar-refractivity contribution >= 4 is 23.2 Å². The minimum atomic E-state index is -0.0714. The number of hydrogen-bond acceptors (Lipinski definition) is 4. The Bertz CT molecular complexity index is 883. The number of amides is 1. The van der Waals surface area contributed by atoms with Crippen LogP contribution in [0.3, 0.4) is 0 Å². The maximum atomic E-state index is 12.5. The molecular formula is C22H25N3O2. The van der Waals surface area contributed by atoms with Gasteiger partial charge in [0.25, 0.3) is 5.91 Å². The Morgan fingerprint density at radius 1 is 1.15 bits per heavy atom. The molecule has 27 heavy (non-hydrogen) atoms. The van der Waals surface area contributed by atoms with Gasteiger partial charge < -0.3 is 14.6 Å². The van der Waals surface area contributed by atoms with Crippen LogP contribution in [0.25, 0.3) is 11.6 Å². The van der Waals surface area contributed by atoms with E-state index >= 15 is 0 Å². The summed E-state index contributed by atoms with van der Waals surface area (Å²) in [6.07, 6.45) is 9.71.